The molecule has 1 unspecified atom stereocenters. The largest absolute Gasteiger partial charge is 1.00 e. The van der Waals surface area contributed by atoms with E-state index in [1.807, 2.05) is 30.6 Å². The van der Waals surface area contributed by atoms with Crippen molar-refractivity contribution < 1.29 is 33.1 Å². The van der Waals surface area contributed by atoms with Gasteiger partial charge in [0.25, 0.3) is 0 Å². The molecule has 0 aliphatic carbocycles. The van der Waals surface area contributed by atoms with Crippen LogP contribution in [0.1, 0.15) is 11.7 Å². The van der Waals surface area contributed by atoms with Crippen molar-refractivity contribution in [3.05, 3.63) is 29.8 Å². The number of hydrogen-bond donors (Lipinski definition) is 0. The molecular formula is C13H16LiNO3. The van der Waals surface area contributed by atoms with Crippen molar-refractivity contribution in [3.63, 3.8) is 0 Å². The van der Waals surface area contributed by atoms with Crippen molar-refractivity contribution >= 4 is 12.0 Å². The Hall–Kier alpha value is -0.793. The Labute approximate surface area is 119 Å². The molecule has 1 aliphatic rings. The smallest absolute Gasteiger partial charge is 0.539 e. The summed E-state index contributed by atoms with van der Waals surface area (Å²) in [5.74, 6) is 0. The van der Waals surface area contributed by atoms with Gasteiger partial charge in [0.1, 0.15) is 0 Å². The van der Waals surface area contributed by atoms with Crippen LogP contribution >= 0.6 is 0 Å². The van der Waals surface area contributed by atoms with Gasteiger partial charge in [-0.05, 0) is 23.8 Å². The maximum Gasteiger partial charge on any atom is 1.00 e. The molecule has 5 heteroatoms. The van der Waals surface area contributed by atoms with E-state index in [4.69, 9.17) is 9.47 Å². The summed E-state index contributed by atoms with van der Waals surface area (Å²) in [6.45, 7) is 1.78. The summed E-state index contributed by atoms with van der Waals surface area (Å²) in [5.41, 5.74) is 1.92. The second kappa shape index (κ2) is 6.96. The minimum Gasteiger partial charge on any atom is -0.539 e. The molecule has 0 amide bonds. The van der Waals surface area contributed by atoms with Gasteiger partial charge in [0, 0.05) is 33.0 Å². The van der Waals surface area contributed by atoms with Crippen molar-refractivity contribution in [2.45, 2.75) is 12.2 Å². The molecule has 0 spiro atoms. The molecule has 92 valence electrons. The molecule has 2 rings (SSSR count). The van der Waals surface area contributed by atoms with Gasteiger partial charge in [-0.3, -0.25) is 0 Å². The Morgan fingerprint density at radius 1 is 1.39 bits per heavy atom. The average molecular weight is 241 g/mol. The fourth-order valence-corrected chi connectivity index (χ4v) is 1.93. The van der Waals surface area contributed by atoms with Gasteiger partial charge in [0.05, 0.1) is 6.10 Å². The van der Waals surface area contributed by atoms with Gasteiger partial charge in [-0.2, -0.15) is 0 Å². The summed E-state index contributed by atoms with van der Waals surface area (Å²) in [6, 6.07) is 7.78. The van der Waals surface area contributed by atoms with Gasteiger partial charge in [-0.25, -0.2) is 6.29 Å². The maximum atomic E-state index is 10.7. The first kappa shape index (κ1) is 15.3. The SMILES string of the molecule is COC1CN(c2cccc(C([C-]=O)OC)c2)C1.[Li+]. The van der Waals surface area contributed by atoms with E-state index in [0.717, 1.165) is 24.3 Å². The number of nitrogens with zero attached hydrogens (tertiary/aromatic N) is 1. The fourth-order valence-electron chi connectivity index (χ4n) is 1.93. The molecule has 1 saturated heterocycles. The van der Waals surface area contributed by atoms with Crippen LogP contribution in [0.2, 0.25) is 0 Å². The first-order valence-electron chi connectivity index (χ1n) is 5.56. The summed E-state index contributed by atoms with van der Waals surface area (Å²) in [6.07, 6.45) is 1.59. The van der Waals surface area contributed by atoms with Crippen LogP contribution in [0.25, 0.3) is 0 Å². The van der Waals surface area contributed by atoms with Crippen LogP contribution in [0, 0.1) is 0 Å². The van der Waals surface area contributed by atoms with E-state index < -0.39 is 6.10 Å². The third-order valence-electron chi connectivity index (χ3n) is 3.06. The van der Waals surface area contributed by atoms with Crippen LogP contribution in [-0.2, 0) is 14.3 Å². The summed E-state index contributed by atoms with van der Waals surface area (Å²) in [7, 11) is 3.23. The monoisotopic (exact) mass is 241 g/mol. The Bertz CT molecular complexity index is 394. The van der Waals surface area contributed by atoms with E-state index in [0.29, 0.717) is 6.10 Å². The van der Waals surface area contributed by atoms with Crippen LogP contribution in [0.15, 0.2) is 24.3 Å². The second-order valence-corrected chi connectivity index (χ2v) is 4.09. The number of methoxy groups -OCH3 is 2. The second-order valence-electron chi connectivity index (χ2n) is 4.09. The first-order chi connectivity index (χ1) is 8.28. The molecule has 1 aromatic carbocycles. The Morgan fingerprint density at radius 3 is 2.67 bits per heavy atom. The number of carbonyl (C=O) groups excluding carboxylic acids is 1. The molecule has 0 saturated carbocycles. The summed E-state index contributed by atoms with van der Waals surface area (Å²) >= 11 is 0. The van der Waals surface area contributed by atoms with Gasteiger partial charge in [-0.1, -0.05) is 12.1 Å². The molecule has 1 aliphatic heterocycles. The molecule has 4 nitrogen and oxygen atoms in total. The zero-order valence-corrected chi connectivity index (χ0v) is 11.1. The number of benzene rings is 1. The third kappa shape index (κ3) is 3.15. The topological polar surface area (TPSA) is 38.8 Å². The normalized spacial score (nSPS) is 16.7. The molecule has 18 heavy (non-hydrogen) atoms. The molecule has 0 bridgehead atoms. The van der Waals surface area contributed by atoms with Gasteiger partial charge in [-0.15, -0.1) is 0 Å². The van der Waals surface area contributed by atoms with Crippen LogP contribution < -0.4 is 23.8 Å². The molecular weight excluding hydrogens is 225 g/mol. The van der Waals surface area contributed by atoms with Crippen LogP contribution in [0.5, 0.6) is 0 Å². The van der Waals surface area contributed by atoms with Crippen LogP contribution in [0.3, 0.4) is 0 Å². The minimum atomic E-state index is -0.602. The molecule has 1 heterocycles. The summed E-state index contributed by atoms with van der Waals surface area (Å²) in [4.78, 5) is 12.9. The molecule has 0 radical (unpaired) electrons. The third-order valence-corrected chi connectivity index (χ3v) is 3.06. The van der Waals surface area contributed by atoms with Crippen LogP contribution in [0.4, 0.5) is 5.69 Å². The molecule has 0 aromatic heterocycles. The van der Waals surface area contributed by atoms with E-state index >= 15 is 0 Å². The van der Waals surface area contributed by atoms with E-state index in [1.54, 1.807) is 7.11 Å². The zero-order valence-electron chi connectivity index (χ0n) is 11.1. The van der Waals surface area contributed by atoms with Crippen LogP contribution in [-0.4, -0.2) is 39.7 Å². The Morgan fingerprint density at radius 2 is 2.11 bits per heavy atom. The van der Waals surface area contributed by atoms with E-state index in [-0.39, 0.29) is 18.9 Å². The van der Waals surface area contributed by atoms with Crippen molar-refractivity contribution in [3.8, 4) is 0 Å². The molecule has 1 atom stereocenters. The Balaban J connectivity index is 0.00000162. The summed E-state index contributed by atoms with van der Waals surface area (Å²) in [5, 5.41) is 0. The van der Waals surface area contributed by atoms with E-state index in [1.165, 1.54) is 7.11 Å². The predicted molar refractivity (Wildman–Crippen MR) is 64.9 cm³/mol. The standard InChI is InChI=1S/C13H16NO3.Li/c1-16-12-7-14(8-12)11-5-3-4-10(6-11)13(9-15)17-2;/h3-6,12-13H,7-8H2,1-2H3;/q-1;+1. The van der Waals surface area contributed by atoms with Crippen molar-refractivity contribution in [2.24, 2.45) is 0 Å². The maximum absolute atomic E-state index is 10.7. The molecule has 1 aromatic rings. The fraction of sp³-hybridized carbons (Fsp3) is 0.462. The van der Waals surface area contributed by atoms with Crippen molar-refractivity contribution in [1.29, 1.82) is 0 Å². The molecule has 1 fully saturated rings. The van der Waals surface area contributed by atoms with Gasteiger partial charge in [0.2, 0.25) is 0 Å². The summed E-state index contributed by atoms with van der Waals surface area (Å²) < 4.78 is 10.3. The minimum absolute atomic E-state index is 0. The van der Waals surface area contributed by atoms with Crippen molar-refractivity contribution in [1.82, 2.24) is 0 Å². The van der Waals surface area contributed by atoms with Gasteiger partial charge in [0.15, 0.2) is 0 Å². The van der Waals surface area contributed by atoms with E-state index in [9.17, 15) is 4.79 Å². The quantitative estimate of drug-likeness (QED) is 0.456. The number of ether oxygens (including phenoxy) is 2. The number of anilines is 1. The molecule has 0 N–H and O–H groups in total. The predicted octanol–water partition coefficient (Wildman–Crippen LogP) is -1.68. The van der Waals surface area contributed by atoms with E-state index in [2.05, 4.69) is 4.90 Å². The average Bonchev–Trinajstić information content (AvgIpc) is 2.30. The van der Waals surface area contributed by atoms with Gasteiger partial charge >= 0.3 is 18.9 Å². The number of hydrogen-bond acceptors (Lipinski definition) is 4. The van der Waals surface area contributed by atoms with Gasteiger partial charge < -0.3 is 19.2 Å². The van der Waals surface area contributed by atoms with Crippen molar-refractivity contribution in [2.75, 3.05) is 32.2 Å². The Kier molecular flexibility index (Phi) is 5.90. The zero-order chi connectivity index (χ0) is 12.3. The number of rotatable bonds is 5. The first-order valence-corrected chi connectivity index (χ1v) is 5.56.